The van der Waals surface area contributed by atoms with Gasteiger partial charge in [0.15, 0.2) is 11.5 Å². The van der Waals surface area contributed by atoms with Crippen LogP contribution >= 0.6 is 0 Å². The Bertz CT molecular complexity index is 686. The number of amides is 1. The van der Waals surface area contributed by atoms with Crippen molar-refractivity contribution in [3.05, 3.63) is 59.4 Å². The highest BCUT2D eigenvalue weighted by Gasteiger charge is 2.11. The van der Waals surface area contributed by atoms with E-state index in [9.17, 15) is 9.18 Å². The number of ether oxygens (including phenoxy) is 2. The number of benzene rings is 2. The normalized spacial score (nSPS) is 10.4. The van der Waals surface area contributed by atoms with E-state index in [1.165, 1.54) is 12.1 Å². The third-order valence-corrected chi connectivity index (χ3v) is 3.65. The minimum absolute atomic E-state index is 0.150. The molecule has 0 aliphatic rings. The SMILES string of the molecule is CCOc1ccc(C(=O)NCCCc2ccc(F)cc2)cc1OCC. The third kappa shape index (κ3) is 5.78. The van der Waals surface area contributed by atoms with Gasteiger partial charge in [0.05, 0.1) is 13.2 Å². The molecule has 0 unspecified atom stereocenters. The van der Waals surface area contributed by atoms with Crippen LogP contribution in [0.4, 0.5) is 4.39 Å². The first-order valence-corrected chi connectivity index (χ1v) is 8.56. The number of hydrogen-bond donors (Lipinski definition) is 1. The molecule has 0 bridgehead atoms. The van der Waals surface area contributed by atoms with Crippen LogP contribution in [0.2, 0.25) is 0 Å². The van der Waals surface area contributed by atoms with E-state index in [1.807, 2.05) is 13.8 Å². The molecule has 1 N–H and O–H groups in total. The Morgan fingerprint density at radius 1 is 1.00 bits per heavy atom. The van der Waals surface area contributed by atoms with Crippen LogP contribution in [0.5, 0.6) is 11.5 Å². The molecule has 0 aromatic heterocycles. The minimum Gasteiger partial charge on any atom is -0.490 e. The summed E-state index contributed by atoms with van der Waals surface area (Å²) in [6, 6.07) is 11.6. The van der Waals surface area contributed by atoms with E-state index in [1.54, 1.807) is 30.3 Å². The van der Waals surface area contributed by atoms with E-state index in [0.29, 0.717) is 36.8 Å². The molecule has 4 nitrogen and oxygen atoms in total. The van der Waals surface area contributed by atoms with E-state index < -0.39 is 0 Å². The average molecular weight is 345 g/mol. The van der Waals surface area contributed by atoms with Gasteiger partial charge in [-0.2, -0.15) is 0 Å². The molecule has 25 heavy (non-hydrogen) atoms. The van der Waals surface area contributed by atoms with Gasteiger partial charge < -0.3 is 14.8 Å². The van der Waals surface area contributed by atoms with Crippen LogP contribution in [0.15, 0.2) is 42.5 Å². The molecule has 0 aliphatic heterocycles. The molecule has 0 aliphatic carbocycles. The summed E-state index contributed by atoms with van der Waals surface area (Å²) in [6.45, 7) is 5.38. The fraction of sp³-hybridized carbons (Fsp3) is 0.350. The van der Waals surface area contributed by atoms with Crippen molar-refractivity contribution in [2.24, 2.45) is 0 Å². The molecule has 0 spiro atoms. The fourth-order valence-corrected chi connectivity index (χ4v) is 2.44. The van der Waals surface area contributed by atoms with Gasteiger partial charge in [-0.05, 0) is 62.6 Å². The largest absolute Gasteiger partial charge is 0.490 e. The van der Waals surface area contributed by atoms with Crippen molar-refractivity contribution < 1.29 is 18.7 Å². The van der Waals surface area contributed by atoms with Gasteiger partial charge in [-0.25, -0.2) is 4.39 Å². The van der Waals surface area contributed by atoms with Crippen LogP contribution in [0.1, 0.15) is 36.2 Å². The molecular weight excluding hydrogens is 321 g/mol. The van der Waals surface area contributed by atoms with Gasteiger partial charge >= 0.3 is 0 Å². The number of carbonyl (C=O) groups excluding carboxylic acids is 1. The van der Waals surface area contributed by atoms with E-state index >= 15 is 0 Å². The lowest BCUT2D eigenvalue weighted by Gasteiger charge is -2.12. The Hall–Kier alpha value is -2.56. The molecule has 0 atom stereocenters. The topological polar surface area (TPSA) is 47.6 Å². The fourth-order valence-electron chi connectivity index (χ4n) is 2.44. The van der Waals surface area contributed by atoms with Gasteiger partial charge in [-0.3, -0.25) is 4.79 Å². The zero-order valence-corrected chi connectivity index (χ0v) is 14.7. The summed E-state index contributed by atoms with van der Waals surface area (Å²) >= 11 is 0. The summed E-state index contributed by atoms with van der Waals surface area (Å²) in [6.07, 6.45) is 1.57. The molecule has 134 valence electrons. The van der Waals surface area contributed by atoms with Crippen LogP contribution in [-0.4, -0.2) is 25.7 Å². The molecule has 2 aromatic carbocycles. The van der Waals surface area contributed by atoms with Gasteiger partial charge in [-0.1, -0.05) is 12.1 Å². The molecule has 0 heterocycles. The van der Waals surface area contributed by atoms with Crippen molar-refractivity contribution >= 4 is 5.91 Å². The molecule has 0 saturated heterocycles. The number of nitrogens with one attached hydrogen (secondary N) is 1. The van der Waals surface area contributed by atoms with E-state index in [4.69, 9.17) is 9.47 Å². The van der Waals surface area contributed by atoms with Crippen molar-refractivity contribution in [2.75, 3.05) is 19.8 Å². The van der Waals surface area contributed by atoms with Gasteiger partial charge in [0.2, 0.25) is 0 Å². The summed E-state index contributed by atoms with van der Waals surface area (Å²) in [7, 11) is 0. The average Bonchev–Trinajstić information content (AvgIpc) is 2.62. The van der Waals surface area contributed by atoms with E-state index in [0.717, 1.165) is 18.4 Å². The summed E-state index contributed by atoms with van der Waals surface area (Å²) < 4.78 is 23.9. The smallest absolute Gasteiger partial charge is 0.251 e. The van der Waals surface area contributed by atoms with Crippen LogP contribution in [0, 0.1) is 5.82 Å². The molecular formula is C20H24FNO3. The second-order valence-electron chi connectivity index (χ2n) is 5.51. The lowest BCUT2D eigenvalue weighted by molar-refractivity contribution is 0.0952. The van der Waals surface area contributed by atoms with Crippen molar-refractivity contribution in [3.63, 3.8) is 0 Å². The van der Waals surface area contributed by atoms with Crippen molar-refractivity contribution in [1.29, 1.82) is 0 Å². The Morgan fingerprint density at radius 2 is 1.68 bits per heavy atom. The zero-order valence-electron chi connectivity index (χ0n) is 14.7. The second-order valence-corrected chi connectivity index (χ2v) is 5.51. The predicted molar refractivity (Wildman–Crippen MR) is 95.8 cm³/mol. The monoisotopic (exact) mass is 345 g/mol. The minimum atomic E-state index is -0.238. The first-order valence-electron chi connectivity index (χ1n) is 8.56. The first kappa shape index (κ1) is 18.8. The van der Waals surface area contributed by atoms with Crippen LogP contribution in [-0.2, 0) is 6.42 Å². The maximum absolute atomic E-state index is 12.9. The Morgan fingerprint density at radius 3 is 2.36 bits per heavy atom. The molecule has 2 rings (SSSR count). The first-order chi connectivity index (χ1) is 12.1. The molecule has 0 radical (unpaired) electrons. The molecule has 0 fully saturated rings. The molecule has 2 aromatic rings. The van der Waals surface area contributed by atoms with Crippen LogP contribution in [0.25, 0.3) is 0 Å². The Labute approximate surface area is 148 Å². The van der Waals surface area contributed by atoms with E-state index in [-0.39, 0.29) is 11.7 Å². The van der Waals surface area contributed by atoms with E-state index in [2.05, 4.69) is 5.32 Å². The van der Waals surface area contributed by atoms with Crippen molar-refractivity contribution in [3.8, 4) is 11.5 Å². The number of halogens is 1. The van der Waals surface area contributed by atoms with Gasteiger partial charge in [-0.15, -0.1) is 0 Å². The van der Waals surface area contributed by atoms with Gasteiger partial charge in [0.25, 0.3) is 5.91 Å². The number of rotatable bonds is 9. The third-order valence-electron chi connectivity index (χ3n) is 3.65. The Balaban J connectivity index is 1.87. The van der Waals surface area contributed by atoms with Crippen LogP contribution < -0.4 is 14.8 Å². The highest BCUT2D eigenvalue weighted by molar-refractivity contribution is 5.94. The maximum atomic E-state index is 12.9. The van der Waals surface area contributed by atoms with Crippen molar-refractivity contribution in [1.82, 2.24) is 5.32 Å². The molecule has 0 saturated carbocycles. The maximum Gasteiger partial charge on any atom is 0.251 e. The summed E-state index contributed by atoms with van der Waals surface area (Å²) in [5, 5.41) is 2.89. The van der Waals surface area contributed by atoms with Crippen molar-refractivity contribution in [2.45, 2.75) is 26.7 Å². The Kier molecular flexibility index (Phi) is 7.26. The lowest BCUT2D eigenvalue weighted by atomic mass is 10.1. The van der Waals surface area contributed by atoms with Gasteiger partial charge in [0, 0.05) is 12.1 Å². The summed E-state index contributed by atoms with van der Waals surface area (Å²) in [5.74, 6) is 0.821. The summed E-state index contributed by atoms with van der Waals surface area (Å²) in [4.78, 5) is 12.3. The zero-order chi connectivity index (χ0) is 18.1. The quantitative estimate of drug-likeness (QED) is 0.699. The number of hydrogen-bond acceptors (Lipinski definition) is 3. The lowest BCUT2D eigenvalue weighted by Crippen LogP contribution is -2.24. The molecule has 1 amide bonds. The standard InChI is InChI=1S/C20H24FNO3/c1-3-24-18-12-9-16(14-19(18)25-4-2)20(23)22-13-5-6-15-7-10-17(21)11-8-15/h7-12,14H,3-6,13H2,1-2H3,(H,22,23). The highest BCUT2D eigenvalue weighted by atomic mass is 19.1. The number of aryl methyl sites for hydroxylation is 1. The molecule has 5 heteroatoms. The number of carbonyl (C=O) groups is 1. The second kappa shape index (κ2) is 9.67. The van der Waals surface area contributed by atoms with Gasteiger partial charge in [0.1, 0.15) is 5.82 Å². The highest BCUT2D eigenvalue weighted by Crippen LogP contribution is 2.28. The summed E-state index contributed by atoms with van der Waals surface area (Å²) in [5.41, 5.74) is 1.59. The predicted octanol–water partition coefficient (Wildman–Crippen LogP) is 3.99. The van der Waals surface area contributed by atoms with Crippen LogP contribution in [0.3, 0.4) is 0 Å².